The third-order valence-corrected chi connectivity index (χ3v) is 4.06. The van der Waals surface area contributed by atoms with E-state index in [-0.39, 0.29) is 0 Å². The number of allylic oxidation sites excluding steroid dienone is 1. The summed E-state index contributed by atoms with van der Waals surface area (Å²) >= 11 is 0. The van der Waals surface area contributed by atoms with Gasteiger partial charge in [0.05, 0.1) is 0 Å². The van der Waals surface area contributed by atoms with Gasteiger partial charge < -0.3 is 0 Å². The summed E-state index contributed by atoms with van der Waals surface area (Å²) in [4.78, 5) is 0. The van der Waals surface area contributed by atoms with Gasteiger partial charge in [-0.25, -0.2) is 0 Å². The lowest BCUT2D eigenvalue weighted by molar-refractivity contribution is 0.278. The van der Waals surface area contributed by atoms with Gasteiger partial charge in [0.25, 0.3) is 0 Å². The molecule has 3 rings (SSSR count). The Bertz CT molecular complexity index is 433. The molecule has 0 amide bonds. The van der Waals surface area contributed by atoms with Crippen molar-refractivity contribution >= 4 is 6.08 Å². The molecule has 0 aliphatic heterocycles. The van der Waals surface area contributed by atoms with E-state index in [0.29, 0.717) is 10.8 Å². The van der Waals surface area contributed by atoms with E-state index in [2.05, 4.69) is 50.3 Å². The van der Waals surface area contributed by atoms with Gasteiger partial charge in [0, 0.05) is 0 Å². The lowest BCUT2D eigenvalue weighted by atomic mass is 9.74. The number of fused-ring (bicyclic) bond motifs is 1. The van der Waals surface area contributed by atoms with Gasteiger partial charge in [0.15, 0.2) is 0 Å². The van der Waals surface area contributed by atoms with E-state index in [9.17, 15) is 0 Å². The molecule has 0 saturated heterocycles. The second kappa shape index (κ2) is 4.91. The summed E-state index contributed by atoms with van der Waals surface area (Å²) < 4.78 is 0. The Kier molecular flexibility index (Phi) is 3.66. The number of hydrogen-bond donors (Lipinski definition) is 0. The maximum Gasteiger partial charge on any atom is -0.0109 e. The Morgan fingerprint density at radius 2 is 1.67 bits per heavy atom. The zero-order valence-electron chi connectivity index (χ0n) is 12.3. The molecule has 1 aromatic carbocycles. The summed E-state index contributed by atoms with van der Waals surface area (Å²) in [5.74, 6) is 0. The van der Waals surface area contributed by atoms with Crippen LogP contribution in [0.5, 0.6) is 0 Å². The van der Waals surface area contributed by atoms with Crippen LogP contribution in [0.2, 0.25) is 0 Å². The molecule has 0 heterocycles. The van der Waals surface area contributed by atoms with Crippen molar-refractivity contribution < 1.29 is 0 Å². The van der Waals surface area contributed by atoms with Crippen LogP contribution in [0.1, 0.15) is 58.1 Å². The summed E-state index contributed by atoms with van der Waals surface area (Å²) in [5.41, 5.74) is 3.94. The smallest absolute Gasteiger partial charge is 0.0109 e. The molecular formula is C18H26. The average molecular weight is 242 g/mol. The van der Waals surface area contributed by atoms with Crippen molar-refractivity contribution in [3.8, 4) is 0 Å². The maximum atomic E-state index is 2.48. The quantitative estimate of drug-likeness (QED) is 0.565. The molecule has 2 aliphatic rings. The third kappa shape index (κ3) is 2.85. The van der Waals surface area contributed by atoms with Crippen molar-refractivity contribution in [2.75, 3.05) is 0 Å². The van der Waals surface area contributed by atoms with Crippen LogP contribution in [0.3, 0.4) is 0 Å². The average Bonchev–Trinajstić information content (AvgIpc) is 3.08. The van der Waals surface area contributed by atoms with Crippen LogP contribution >= 0.6 is 0 Å². The Morgan fingerprint density at radius 3 is 2.33 bits per heavy atom. The van der Waals surface area contributed by atoms with Gasteiger partial charge in [-0.05, 0) is 47.6 Å². The van der Waals surface area contributed by atoms with Gasteiger partial charge in [-0.15, -0.1) is 0 Å². The van der Waals surface area contributed by atoms with Gasteiger partial charge in [0.1, 0.15) is 0 Å². The normalized spacial score (nSPS) is 24.0. The first-order chi connectivity index (χ1) is 8.59. The first-order valence-corrected chi connectivity index (χ1v) is 7.36. The Labute approximate surface area is 112 Å². The van der Waals surface area contributed by atoms with E-state index in [0.717, 1.165) is 0 Å². The Hall–Kier alpha value is -1.04. The fraction of sp³-hybridized carbons (Fsp3) is 0.556. The lowest BCUT2D eigenvalue weighted by Crippen LogP contribution is -2.21. The van der Waals surface area contributed by atoms with Crippen LogP contribution in [-0.2, 0) is 6.42 Å². The van der Waals surface area contributed by atoms with Crippen molar-refractivity contribution in [3.63, 3.8) is 0 Å². The number of hydrogen-bond acceptors (Lipinski definition) is 0. The predicted octanol–water partition coefficient (Wildman–Crippen LogP) is 5.48. The second-order valence-corrected chi connectivity index (χ2v) is 6.41. The molecule has 1 saturated carbocycles. The van der Waals surface area contributed by atoms with Crippen molar-refractivity contribution in [2.24, 2.45) is 10.8 Å². The molecule has 0 aromatic heterocycles. The van der Waals surface area contributed by atoms with Crippen LogP contribution in [0.25, 0.3) is 6.08 Å². The minimum absolute atomic E-state index is 0.442. The molecule has 0 bridgehead atoms. The summed E-state index contributed by atoms with van der Waals surface area (Å²) in [6, 6.07) is 8.85. The zero-order chi connectivity index (χ0) is 13.2. The van der Waals surface area contributed by atoms with Gasteiger partial charge >= 0.3 is 0 Å². The molecule has 0 atom stereocenters. The lowest BCUT2D eigenvalue weighted by Gasteiger charge is -2.31. The largest absolute Gasteiger partial charge is 0.0777 e. The molecule has 0 heteroatoms. The molecule has 1 spiro atoms. The molecule has 0 N–H and O–H groups in total. The molecule has 98 valence electrons. The summed E-state index contributed by atoms with van der Waals surface area (Å²) in [6.07, 6.45) is 10.2. The minimum atomic E-state index is 0.442. The minimum Gasteiger partial charge on any atom is -0.0777 e. The van der Waals surface area contributed by atoms with Crippen molar-refractivity contribution in [1.82, 2.24) is 0 Å². The van der Waals surface area contributed by atoms with Gasteiger partial charge in [-0.2, -0.15) is 0 Å². The highest BCUT2D eigenvalue weighted by atomic mass is 14.5. The summed E-state index contributed by atoms with van der Waals surface area (Å²) in [7, 11) is 0. The van der Waals surface area contributed by atoms with E-state index < -0.39 is 0 Å². The second-order valence-electron chi connectivity index (χ2n) is 6.41. The van der Waals surface area contributed by atoms with Crippen LogP contribution in [-0.4, -0.2) is 0 Å². The summed E-state index contributed by atoms with van der Waals surface area (Å²) in [5, 5.41) is 0. The van der Waals surface area contributed by atoms with Crippen LogP contribution in [0.15, 0.2) is 30.3 Å². The molecule has 0 radical (unpaired) electrons. The molecule has 1 fully saturated rings. The van der Waals surface area contributed by atoms with E-state index in [1.807, 2.05) is 13.8 Å². The van der Waals surface area contributed by atoms with Crippen LogP contribution in [0, 0.1) is 10.8 Å². The van der Waals surface area contributed by atoms with Crippen LogP contribution in [0.4, 0.5) is 0 Å². The van der Waals surface area contributed by atoms with Crippen LogP contribution < -0.4 is 0 Å². The topological polar surface area (TPSA) is 0 Å². The highest BCUT2D eigenvalue weighted by Crippen LogP contribution is 2.56. The molecule has 0 unspecified atom stereocenters. The SMILES string of the molecule is CC.CC1(C)Cc2ccccc2/C=C\C2(CC2)C1. The third-order valence-electron chi connectivity index (χ3n) is 4.06. The first-order valence-electron chi connectivity index (χ1n) is 7.36. The Balaban J connectivity index is 0.000000574. The number of rotatable bonds is 0. The standard InChI is InChI=1S/C16H20.C2H6/c1-15(2)11-14-6-4-3-5-13(14)7-8-16(12-15)9-10-16;1-2/h3-8H,9-12H2,1-2H3;1-2H3/b8-7-;. The monoisotopic (exact) mass is 242 g/mol. The summed E-state index contributed by atoms with van der Waals surface area (Å²) in [6.45, 7) is 8.84. The molecule has 0 nitrogen and oxygen atoms in total. The maximum absolute atomic E-state index is 2.48. The fourth-order valence-electron chi connectivity index (χ4n) is 3.22. The van der Waals surface area contributed by atoms with Crippen molar-refractivity contribution in [2.45, 2.75) is 53.4 Å². The predicted molar refractivity (Wildman–Crippen MR) is 80.6 cm³/mol. The van der Waals surface area contributed by atoms with E-state index in [4.69, 9.17) is 0 Å². The van der Waals surface area contributed by atoms with E-state index in [1.54, 1.807) is 0 Å². The highest BCUT2D eigenvalue weighted by molar-refractivity contribution is 5.56. The van der Waals surface area contributed by atoms with Gasteiger partial charge in [0.2, 0.25) is 0 Å². The zero-order valence-corrected chi connectivity index (χ0v) is 12.3. The van der Waals surface area contributed by atoms with E-state index >= 15 is 0 Å². The highest BCUT2D eigenvalue weighted by Gasteiger charge is 2.44. The van der Waals surface area contributed by atoms with Crippen molar-refractivity contribution in [1.29, 1.82) is 0 Å². The van der Waals surface area contributed by atoms with Gasteiger partial charge in [-0.3, -0.25) is 0 Å². The number of benzene rings is 1. The fourth-order valence-corrected chi connectivity index (χ4v) is 3.22. The Morgan fingerprint density at radius 1 is 1.00 bits per heavy atom. The molecular weight excluding hydrogens is 216 g/mol. The van der Waals surface area contributed by atoms with Crippen molar-refractivity contribution in [3.05, 3.63) is 41.5 Å². The van der Waals surface area contributed by atoms with Gasteiger partial charge in [-0.1, -0.05) is 64.1 Å². The molecule has 2 aliphatic carbocycles. The van der Waals surface area contributed by atoms with E-state index in [1.165, 1.54) is 36.8 Å². The molecule has 18 heavy (non-hydrogen) atoms. The first kappa shape index (κ1) is 13.4. The molecule has 1 aromatic rings.